The lowest BCUT2D eigenvalue weighted by Crippen LogP contribution is -2.49. The molecule has 0 atom stereocenters. The van der Waals surface area contributed by atoms with Crippen molar-refractivity contribution >= 4 is 23.3 Å². The van der Waals surface area contributed by atoms with Crippen LogP contribution in [0, 0.1) is 0 Å². The Hall–Kier alpha value is -3.30. The van der Waals surface area contributed by atoms with E-state index in [0.717, 1.165) is 0 Å². The highest BCUT2D eigenvalue weighted by molar-refractivity contribution is 6.33. The fraction of sp³-hybridized carbons (Fsp3) is 0.318. The summed E-state index contributed by atoms with van der Waals surface area (Å²) in [6, 6.07) is 12.4. The number of methoxy groups -OCH3 is 2. The third kappa shape index (κ3) is 4.95. The number of benzene rings is 2. The fourth-order valence-corrected chi connectivity index (χ4v) is 3.68. The first-order valence-electron chi connectivity index (χ1n) is 10.1. The summed E-state index contributed by atoms with van der Waals surface area (Å²) in [5.41, 5.74) is 1.31. The van der Waals surface area contributed by atoms with Crippen LogP contribution in [-0.2, 0) is 6.54 Å². The lowest BCUT2D eigenvalue weighted by molar-refractivity contribution is 0.140. The highest BCUT2D eigenvalue weighted by atomic mass is 35.5. The zero-order valence-corrected chi connectivity index (χ0v) is 18.6. The van der Waals surface area contributed by atoms with Crippen molar-refractivity contribution in [1.82, 2.24) is 19.9 Å². The van der Waals surface area contributed by atoms with Crippen molar-refractivity contribution in [2.24, 2.45) is 0 Å². The molecule has 1 saturated heterocycles. The van der Waals surface area contributed by atoms with E-state index in [9.17, 15) is 4.79 Å². The van der Waals surface area contributed by atoms with E-state index < -0.39 is 0 Å². The molecule has 0 spiro atoms. The summed E-state index contributed by atoms with van der Waals surface area (Å²) < 4.78 is 15.9. The van der Waals surface area contributed by atoms with Gasteiger partial charge in [0, 0.05) is 32.2 Å². The van der Waals surface area contributed by atoms with Gasteiger partial charge in [0.1, 0.15) is 11.5 Å². The van der Waals surface area contributed by atoms with Crippen molar-refractivity contribution in [3.63, 3.8) is 0 Å². The maximum atomic E-state index is 12.7. The van der Waals surface area contributed by atoms with Gasteiger partial charge in [-0.1, -0.05) is 28.9 Å². The summed E-state index contributed by atoms with van der Waals surface area (Å²) in [6.45, 7) is 3.10. The normalized spacial score (nSPS) is 14.3. The summed E-state index contributed by atoms with van der Waals surface area (Å²) in [5, 5.41) is 7.54. The van der Waals surface area contributed by atoms with Crippen LogP contribution >= 0.6 is 11.6 Å². The number of piperazine rings is 1. The van der Waals surface area contributed by atoms with E-state index in [4.69, 9.17) is 25.6 Å². The van der Waals surface area contributed by atoms with E-state index >= 15 is 0 Å². The van der Waals surface area contributed by atoms with Gasteiger partial charge in [0.25, 0.3) is 5.89 Å². The maximum absolute atomic E-state index is 12.7. The molecule has 1 aliphatic heterocycles. The van der Waals surface area contributed by atoms with Crippen LogP contribution < -0.4 is 14.8 Å². The predicted molar refractivity (Wildman–Crippen MR) is 120 cm³/mol. The minimum Gasteiger partial charge on any atom is -0.497 e. The Bertz CT molecular complexity index is 1080. The molecule has 1 aromatic heterocycles. The van der Waals surface area contributed by atoms with Gasteiger partial charge in [-0.2, -0.15) is 4.98 Å². The van der Waals surface area contributed by atoms with Gasteiger partial charge in [-0.05, 0) is 24.3 Å². The molecule has 0 bridgehead atoms. The number of hydrogen-bond acceptors (Lipinski definition) is 7. The molecule has 0 saturated carbocycles. The smallest absolute Gasteiger partial charge is 0.322 e. The van der Waals surface area contributed by atoms with E-state index in [1.165, 1.54) is 0 Å². The quantitative estimate of drug-likeness (QED) is 0.602. The second kappa shape index (κ2) is 9.88. The van der Waals surface area contributed by atoms with Gasteiger partial charge in [0.2, 0.25) is 0 Å². The van der Waals surface area contributed by atoms with Crippen molar-refractivity contribution in [1.29, 1.82) is 0 Å². The second-order valence-electron chi connectivity index (χ2n) is 7.26. The molecular weight excluding hydrogens is 434 g/mol. The molecule has 1 aliphatic rings. The molecule has 9 nitrogen and oxygen atoms in total. The van der Waals surface area contributed by atoms with Gasteiger partial charge in [-0.3, -0.25) is 4.90 Å². The molecule has 0 aliphatic carbocycles. The molecular formula is C22H24ClN5O4. The summed E-state index contributed by atoms with van der Waals surface area (Å²) in [6.07, 6.45) is 0. The summed E-state index contributed by atoms with van der Waals surface area (Å²) in [5.74, 6) is 2.19. The first kappa shape index (κ1) is 21.9. The first-order valence-corrected chi connectivity index (χ1v) is 10.5. The average Bonchev–Trinajstić information content (AvgIpc) is 3.28. The minimum atomic E-state index is -0.173. The third-order valence-corrected chi connectivity index (χ3v) is 5.58. The van der Waals surface area contributed by atoms with Crippen molar-refractivity contribution in [3.05, 3.63) is 53.3 Å². The van der Waals surface area contributed by atoms with Crippen molar-refractivity contribution < 1.29 is 18.8 Å². The molecule has 10 heteroatoms. The summed E-state index contributed by atoms with van der Waals surface area (Å²) >= 11 is 6.20. The van der Waals surface area contributed by atoms with Gasteiger partial charge in [0.05, 0.1) is 37.0 Å². The van der Waals surface area contributed by atoms with Gasteiger partial charge in [-0.25, -0.2) is 4.79 Å². The largest absolute Gasteiger partial charge is 0.497 e. The number of nitrogens with zero attached hydrogens (tertiary/aromatic N) is 4. The van der Waals surface area contributed by atoms with Gasteiger partial charge in [0.15, 0.2) is 5.82 Å². The molecule has 2 aromatic carbocycles. The number of hydrogen-bond donors (Lipinski definition) is 1. The number of urea groups is 1. The lowest BCUT2D eigenvalue weighted by Gasteiger charge is -2.34. The van der Waals surface area contributed by atoms with Crippen LogP contribution in [0.5, 0.6) is 11.5 Å². The van der Waals surface area contributed by atoms with Crippen LogP contribution in [0.3, 0.4) is 0 Å². The van der Waals surface area contributed by atoms with Crippen LogP contribution in [0.15, 0.2) is 47.0 Å². The van der Waals surface area contributed by atoms with Crippen LogP contribution in [-0.4, -0.2) is 66.4 Å². The number of rotatable bonds is 6. The molecule has 0 unspecified atom stereocenters. The van der Waals surface area contributed by atoms with Crippen LogP contribution in [0.4, 0.5) is 10.5 Å². The summed E-state index contributed by atoms with van der Waals surface area (Å²) in [4.78, 5) is 21.1. The molecule has 168 valence electrons. The minimum absolute atomic E-state index is 0.173. The molecule has 1 fully saturated rings. The number of carbonyl (C=O) groups excluding carboxylic acids is 1. The third-order valence-electron chi connectivity index (χ3n) is 5.25. The number of carbonyl (C=O) groups is 1. The van der Waals surface area contributed by atoms with Gasteiger partial charge in [-0.15, -0.1) is 0 Å². The Balaban J connectivity index is 1.31. The van der Waals surface area contributed by atoms with E-state index in [1.54, 1.807) is 43.4 Å². The Morgan fingerprint density at radius 2 is 1.91 bits per heavy atom. The SMILES string of the molecule is COc1ccc(NC(=O)N2CCN(Cc3noc(-c4ccccc4Cl)n3)CC2)c(OC)c1. The molecule has 3 aromatic rings. The zero-order valence-electron chi connectivity index (χ0n) is 17.9. The number of halogens is 1. The van der Waals surface area contributed by atoms with Gasteiger partial charge < -0.3 is 24.2 Å². The predicted octanol–water partition coefficient (Wildman–Crippen LogP) is 3.76. The fourth-order valence-electron chi connectivity index (χ4n) is 3.47. The maximum Gasteiger partial charge on any atom is 0.322 e. The lowest BCUT2D eigenvalue weighted by atomic mass is 10.2. The Morgan fingerprint density at radius 3 is 2.62 bits per heavy atom. The first-order chi connectivity index (χ1) is 15.6. The van der Waals surface area contributed by atoms with E-state index in [-0.39, 0.29) is 6.03 Å². The van der Waals surface area contributed by atoms with Gasteiger partial charge >= 0.3 is 6.03 Å². The summed E-state index contributed by atoms with van der Waals surface area (Å²) in [7, 11) is 3.14. The van der Waals surface area contributed by atoms with E-state index in [2.05, 4.69) is 20.4 Å². The van der Waals surface area contributed by atoms with Crippen LogP contribution in [0.1, 0.15) is 5.82 Å². The molecule has 4 rings (SSSR count). The molecule has 32 heavy (non-hydrogen) atoms. The Kier molecular flexibility index (Phi) is 6.77. The van der Waals surface area contributed by atoms with E-state index in [1.807, 2.05) is 18.2 Å². The van der Waals surface area contributed by atoms with Crippen molar-refractivity contribution in [2.75, 3.05) is 45.7 Å². The van der Waals surface area contributed by atoms with Crippen molar-refractivity contribution in [3.8, 4) is 23.0 Å². The van der Waals surface area contributed by atoms with Crippen molar-refractivity contribution in [2.45, 2.75) is 6.54 Å². The second-order valence-corrected chi connectivity index (χ2v) is 7.66. The topological polar surface area (TPSA) is 93.0 Å². The van der Waals surface area contributed by atoms with E-state index in [0.29, 0.717) is 72.2 Å². The Labute approximate surface area is 190 Å². The van der Waals surface area contributed by atoms with Crippen LogP contribution in [0.2, 0.25) is 5.02 Å². The number of anilines is 1. The highest BCUT2D eigenvalue weighted by Crippen LogP contribution is 2.29. The monoisotopic (exact) mass is 457 g/mol. The standard InChI is InChI=1S/C22H24ClN5O4/c1-30-15-7-8-18(19(13-15)31-2)24-22(29)28-11-9-27(10-12-28)14-20-25-21(32-26-20)16-5-3-4-6-17(16)23/h3-8,13H,9-12,14H2,1-2H3,(H,24,29). The number of amides is 2. The van der Waals surface area contributed by atoms with Crippen LogP contribution in [0.25, 0.3) is 11.5 Å². The Morgan fingerprint density at radius 1 is 1.12 bits per heavy atom. The molecule has 2 heterocycles. The molecule has 2 amide bonds. The number of nitrogens with one attached hydrogen (secondary N) is 1. The number of ether oxygens (including phenoxy) is 2. The molecule has 1 N–H and O–H groups in total. The number of aromatic nitrogens is 2. The highest BCUT2D eigenvalue weighted by Gasteiger charge is 2.23. The molecule has 0 radical (unpaired) electrons. The average molecular weight is 458 g/mol. The zero-order chi connectivity index (χ0) is 22.5.